The minimum absolute atomic E-state index is 0.261. The lowest BCUT2D eigenvalue weighted by molar-refractivity contribution is -0.114. The Kier molecular flexibility index (Phi) is 4.87. The van der Waals surface area contributed by atoms with Gasteiger partial charge in [0.05, 0.1) is 0 Å². The van der Waals surface area contributed by atoms with Crippen LogP contribution in [0.1, 0.15) is 34.6 Å². The van der Waals surface area contributed by atoms with Gasteiger partial charge in [0.2, 0.25) is 5.91 Å². The largest absolute Gasteiger partial charge is 0.506 e. The summed E-state index contributed by atoms with van der Waals surface area (Å²) in [5.74, 6) is -4.15. The molecule has 0 unspecified atom stereocenters. The molecule has 0 atom stereocenters. The van der Waals surface area contributed by atoms with Gasteiger partial charge in [-0.05, 0) is 31.2 Å². The van der Waals surface area contributed by atoms with Crippen molar-refractivity contribution in [2.45, 2.75) is 13.8 Å². The number of carbonyl (C=O) groups excluding carboxylic acids is 3. The van der Waals surface area contributed by atoms with E-state index in [1.54, 1.807) is 0 Å². The second-order valence-corrected chi connectivity index (χ2v) is 5.06. The Morgan fingerprint density at radius 1 is 0.920 bits per heavy atom. The van der Waals surface area contributed by atoms with E-state index < -0.39 is 40.1 Å². The number of carbonyl (C=O) groups is 3. The smallest absolute Gasteiger partial charge is 0.353 e. The number of hydrogen-bond donors (Lipinski definition) is 4. The van der Waals surface area contributed by atoms with E-state index >= 15 is 0 Å². The summed E-state index contributed by atoms with van der Waals surface area (Å²) in [6.07, 6.45) is 0. The summed E-state index contributed by atoms with van der Waals surface area (Å²) in [5, 5.41) is 24.5. The highest BCUT2D eigenvalue weighted by molar-refractivity contribution is 6.10. The van der Waals surface area contributed by atoms with Crippen molar-refractivity contribution in [2.24, 2.45) is 0 Å². The number of hydrogen-bond acceptors (Lipinski definition) is 7. The van der Waals surface area contributed by atoms with Gasteiger partial charge >= 0.3 is 11.6 Å². The van der Waals surface area contributed by atoms with Crippen molar-refractivity contribution in [3.63, 3.8) is 0 Å². The molecular weight excluding hydrogens is 332 g/mol. The molecule has 4 N–H and O–H groups in total. The van der Waals surface area contributed by atoms with Crippen LogP contribution in [-0.2, 0) is 4.79 Å². The Bertz CT molecular complexity index is 913. The van der Waals surface area contributed by atoms with Gasteiger partial charge in [0, 0.05) is 18.3 Å². The quantitative estimate of drug-likeness (QED) is 0.613. The molecule has 25 heavy (non-hydrogen) atoms. The molecule has 2 aromatic rings. The van der Waals surface area contributed by atoms with Crippen molar-refractivity contribution in [3.8, 4) is 11.7 Å². The maximum Gasteiger partial charge on any atom is 0.353 e. The van der Waals surface area contributed by atoms with Gasteiger partial charge in [-0.1, -0.05) is 0 Å². The molecular formula is C16H14N2O7. The van der Waals surface area contributed by atoms with Crippen LogP contribution in [-0.4, -0.2) is 27.8 Å². The van der Waals surface area contributed by atoms with Crippen molar-refractivity contribution in [3.05, 3.63) is 45.8 Å². The predicted octanol–water partition coefficient (Wildman–Crippen LogP) is 1.46. The summed E-state index contributed by atoms with van der Waals surface area (Å²) in [4.78, 5) is 46.1. The molecule has 0 radical (unpaired) electrons. The molecule has 2 amide bonds. The molecule has 9 heteroatoms. The number of Topliss-reactive ketones (excluding diaryl/α,β-unsaturated/α-hetero) is 1. The molecule has 0 saturated heterocycles. The van der Waals surface area contributed by atoms with Crippen molar-refractivity contribution in [1.29, 1.82) is 0 Å². The number of ketones is 1. The van der Waals surface area contributed by atoms with Crippen LogP contribution in [0.15, 0.2) is 33.5 Å². The highest BCUT2D eigenvalue weighted by Crippen LogP contribution is 2.29. The number of anilines is 2. The van der Waals surface area contributed by atoms with E-state index in [1.807, 2.05) is 0 Å². The molecule has 130 valence electrons. The summed E-state index contributed by atoms with van der Waals surface area (Å²) >= 11 is 0. The van der Waals surface area contributed by atoms with E-state index in [0.29, 0.717) is 5.69 Å². The van der Waals surface area contributed by atoms with E-state index in [0.717, 1.165) is 6.92 Å². The number of rotatable bonds is 4. The Labute approximate surface area is 140 Å². The van der Waals surface area contributed by atoms with Gasteiger partial charge in [-0.25, -0.2) is 4.79 Å². The topological polar surface area (TPSA) is 146 Å². The Morgan fingerprint density at radius 3 is 1.92 bits per heavy atom. The standard InChI is InChI=1S/C16H14N2O7/c1-7(19)11-13(21)12(16(24)25-15(11)23)14(22)18-10-5-3-9(4-6-10)17-8(2)20/h3-6,21,24H,1-2H3,(H,17,20)(H,18,22). The molecule has 1 aromatic heterocycles. The van der Waals surface area contributed by atoms with Crippen LogP contribution < -0.4 is 16.3 Å². The first-order chi connectivity index (χ1) is 11.7. The average molecular weight is 346 g/mol. The Balaban J connectivity index is 2.32. The normalized spacial score (nSPS) is 10.2. The lowest BCUT2D eigenvalue weighted by atomic mass is 10.1. The summed E-state index contributed by atoms with van der Waals surface area (Å²) < 4.78 is 4.41. The van der Waals surface area contributed by atoms with E-state index in [1.165, 1.54) is 31.2 Å². The first kappa shape index (κ1) is 17.7. The van der Waals surface area contributed by atoms with Crippen LogP contribution in [0.25, 0.3) is 0 Å². The average Bonchev–Trinajstić information content (AvgIpc) is 2.47. The summed E-state index contributed by atoms with van der Waals surface area (Å²) in [6.45, 7) is 2.35. The minimum Gasteiger partial charge on any atom is -0.506 e. The van der Waals surface area contributed by atoms with Gasteiger partial charge in [-0.15, -0.1) is 0 Å². The first-order valence-electron chi connectivity index (χ1n) is 6.99. The van der Waals surface area contributed by atoms with Gasteiger partial charge in [-0.2, -0.15) is 0 Å². The van der Waals surface area contributed by atoms with Crippen molar-refractivity contribution in [1.82, 2.24) is 0 Å². The molecule has 1 heterocycles. The third-order valence-corrected chi connectivity index (χ3v) is 3.12. The van der Waals surface area contributed by atoms with Gasteiger partial charge in [0.15, 0.2) is 17.1 Å². The molecule has 0 aliphatic carbocycles. The van der Waals surface area contributed by atoms with Crippen molar-refractivity contribution >= 4 is 29.0 Å². The zero-order chi connectivity index (χ0) is 18.7. The van der Waals surface area contributed by atoms with Crippen LogP contribution in [0.2, 0.25) is 0 Å². The van der Waals surface area contributed by atoms with Crippen LogP contribution in [0.3, 0.4) is 0 Å². The third kappa shape index (κ3) is 3.83. The lowest BCUT2D eigenvalue weighted by Crippen LogP contribution is -2.18. The van der Waals surface area contributed by atoms with Gasteiger partial charge in [0.1, 0.15) is 5.56 Å². The highest BCUT2D eigenvalue weighted by atomic mass is 16.5. The van der Waals surface area contributed by atoms with Gasteiger partial charge < -0.3 is 25.3 Å². The minimum atomic E-state index is -1.25. The van der Waals surface area contributed by atoms with Crippen LogP contribution in [0.4, 0.5) is 11.4 Å². The third-order valence-electron chi connectivity index (χ3n) is 3.12. The van der Waals surface area contributed by atoms with Crippen molar-refractivity contribution in [2.75, 3.05) is 10.6 Å². The predicted molar refractivity (Wildman–Crippen MR) is 87.0 cm³/mol. The Morgan fingerprint density at radius 2 is 1.44 bits per heavy atom. The monoisotopic (exact) mass is 346 g/mol. The van der Waals surface area contributed by atoms with Crippen LogP contribution in [0, 0.1) is 0 Å². The van der Waals surface area contributed by atoms with Crippen molar-refractivity contribution < 1.29 is 29.0 Å². The zero-order valence-electron chi connectivity index (χ0n) is 13.2. The fourth-order valence-corrected chi connectivity index (χ4v) is 2.06. The Hall–Kier alpha value is -3.62. The molecule has 0 fully saturated rings. The lowest BCUT2D eigenvalue weighted by Gasteiger charge is -2.10. The molecule has 9 nitrogen and oxygen atoms in total. The summed E-state index contributed by atoms with van der Waals surface area (Å²) in [5.41, 5.74) is -1.95. The SMILES string of the molecule is CC(=O)Nc1ccc(NC(=O)c2c(O)oc(=O)c(C(C)=O)c2O)cc1. The molecule has 0 aliphatic heterocycles. The summed E-state index contributed by atoms with van der Waals surface area (Å²) in [6, 6.07) is 5.95. The number of nitrogens with one attached hydrogen (secondary N) is 2. The van der Waals surface area contributed by atoms with Crippen LogP contribution >= 0.6 is 0 Å². The molecule has 2 rings (SSSR count). The highest BCUT2D eigenvalue weighted by Gasteiger charge is 2.27. The maximum atomic E-state index is 12.2. The molecule has 0 spiro atoms. The van der Waals surface area contributed by atoms with E-state index in [-0.39, 0.29) is 11.6 Å². The van der Waals surface area contributed by atoms with Crippen LogP contribution in [0.5, 0.6) is 11.7 Å². The fraction of sp³-hybridized carbons (Fsp3) is 0.125. The van der Waals surface area contributed by atoms with Gasteiger partial charge in [0.25, 0.3) is 5.91 Å². The number of benzene rings is 1. The summed E-state index contributed by atoms with van der Waals surface area (Å²) in [7, 11) is 0. The van der Waals surface area contributed by atoms with E-state index in [2.05, 4.69) is 15.1 Å². The molecule has 0 bridgehead atoms. The van der Waals surface area contributed by atoms with E-state index in [9.17, 15) is 29.4 Å². The molecule has 0 aliphatic rings. The molecule has 0 saturated carbocycles. The fourth-order valence-electron chi connectivity index (χ4n) is 2.06. The molecule has 1 aromatic carbocycles. The second-order valence-electron chi connectivity index (χ2n) is 5.06. The maximum absolute atomic E-state index is 12.2. The second kappa shape index (κ2) is 6.87. The number of amides is 2. The van der Waals surface area contributed by atoms with Gasteiger partial charge in [-0.3, -0.25) is 14.4 Å². The zero-order valence-corrected chi connectivity index (χ0v) is 13.2. The number of aromatic hydroxyl groups is 2. The first-order valence-corrected chi connectivity index (χ1v) is 6.99. The van der Waals surface area contributed by atoms with E-state index in [4.69, 9.17) is 0 Å².